The number of hydrogen-bond donors (Lipinski definition) is 1. The van der Waals surface area contributed by atoms with Crippen LogP contribution in [-0.2, 0) is 16.0 Å². The van der Waals surface area contributed by atoms with E-state index in [4.69, 9.17) is 0 Å². The fourth-order valence-corrected chi connectivity index (χ4v) is 2.32. The number of para-hydroxylation sites is 1. The predicted molar refractivity (Wildman–Crippen MR) is 87.5 cm³/mol. The maximum Gasteiger partial charge on any atom is 0.224 e. The maximum atomic E-state index is 13.8. The summed E-state index contributed by atoms with van der Waals surface area (Å²) in [4.78, 5) is 24.8. The van der Waals surface area contributed by atoms with Crippen molar-refractivity contribution in [2.45, 2.75) is 13.3 Å². The maximum absolute atomic E-state index is 13.8. The Morgan fingerprint density at radius 2 is 1.83 bits per heavy atom. The summed E-state index contributed by atoms with van der Waals surface area (Å²) < 4.78 is 26.9. The first kappa shape index (κ1) is 17.6. The zero-order valence-electron chi connectivity index (χ0n) is 13.3. The molecule has 126 valence electrons. The average Bonchev–Trinajstić information content (AvgIpc) is 2.52. The third-order valence-corrected chi connectivity index (χ3v) is 3.43. The molecule has 0 heterocycles. The largest absolute Gasteiger partial charge is 0.354 e. The van der Waals surface area contributed by atoms with E-state index in [0.29, 0.717) is 5.56 Å². The third-order valence-electron chi connectivity index (χ3n) is 3.43. The molecule has 0 radical (unpaired) electrons. The van der Waals surface area contributed by atoms with Gasteiger partial charge in [0.1, 0.15) is 11.6 Å². The first-order valence-electron chi connectivity index (χ1n) is 7.51. The summed E-state index contributed by atoms with van der Waals surface area (Å²) in [7, 11) is 0. The van der Waals surface area contributed by atoms with Crippen LogP contribution in [0.25, 0.3) is 0 Å². The topological polar surface area (TPSA) is 49.4 Å². The minimum atomic E-state index is -0.501. The van der Waals surface area contributed by atoms with Crippen molar-refractivity contribution < 1.29 is 18.4 Å². The lowest BCUT2D eigenvalue weighted by Gasteiger charge is -2.21. The van der Waals surface area contributed by atoms with Crippen LogP contribution in [0.4, 0.5) is 14.5 Å². The second-order valence-corrected chi connectivity index (χ2v) is 5.28. The molecule has 2 rings (SSSR count). The molecule has 0 aromatic heterocycles. The first-order valence-corrected chi connectivity index (χ1v) is 7.51. The van der Waals surface area contributed by atoms with Gasteiger partial charge < -0.3 is 10.2 Å². The molecule has 0 bridgehead atoms. The number of carbonyl (C=O) groups is 2. The second kappa shape index (κ2) is 8.19. The molecular formula is C18H18F2N2O2. The molecule has 24 heavy (non-hydrogen) atoms. The molecule has 0 atom stereocenters. The Morgan fingerprint density at radius 1 is 1.08 bits per heavy atom. The number of nitrogens with one attached hydrogen (secondary N) is 1. The quantitative estimate of drug-likeness (QED) is 0.884. The lowest BCUT2D eigenvalue weighted by Crippen LogP contribution is -2.38. The van der Waals surface area contributed by atoms with Crippen LogP contribution in [0.5, 0.6) is 0 Å². The van der Waals surface area contributed by atoms with E-state index in [-0.39, 0.29) is 37.0 Å². The van der Waals surface area contributed by atoms with Crippen LogP contribution in [0.3, 0.4) is 0 Å². The Kier molecular flexibility index (Phi) is 6.01. The van der Waals surface area contributed by atoms with Crippen LogP contribution in [-0.4, -0.2) is 24.9 Å². The number of rotatable bonds is 6. The minimum Gasteiger partial charge on any atom is -0.354 e. The van der Waals surface area contributed by atoms with Crippen molar-refractivity contribution >= 4 is 17.5 Å². The summed E-state index contributed by atoms with van der Waals surface area (Å²) in [6.45, 7) is 1.65. The van der Waals surface area contributed by atoms with E-state index in [1.165, 1.54) is 48.2 Å². The molecule has 6 heteroatoms. The van der Waals surface area contributed by atoms with Gasteiger partial charge in [-0.2, -0.15) is 0 Å². The number of benzene rings is 2. The summed E-state index contributed by atoms with van der Waals surface area (Å²) in [6, 6.07) is 11.7. The van der Waals surface area contributed by atoms with Crippen LogP contribution in [0, 0.1) is 11.6 Å². The number of halogens is 2. The van der Waals surface area contributed by atoms with E-state index in [1.54, 1.807) is 12.1 Å². The number of hydrogen-bond acceptors (Lipinski definition) is 2. The highest BCUT2D eigenvalue weighted by Gasteiger charge is 2.15. The van der Waals surface area contributed by atoms with Crippen LogP contribution in [0.1, 0.15) is 12.5 Å². The van der Waals surface area contributed by atoms with Crippen molar-refractivity contribution in [2.75, 3.05) is 18.0 Å². The molecule has 0 unspecified atom stereocenters. The fraction of sp³-hybridized carbons (Fsp3) is 0.222. The standard InChI is InChI=1S/C18H18F2N2O2/c1-13(23)22(17-8-3-2-7-16(17)20)10-9-21-18(24)12-14-5-4-6-15(19)11-14/h2-8,11H,9-10,12H2,1H3,(H,21,24). The van der Waals surface area contributed by atoms with Crippen LogP contribution in [0.15, 0.2) is 48.5 Å². The van der Waals surface area contributed by atoms with Crippen LogP contribution >= 0.6 is 0 Å². The van der Waals surface area contributed by atoms with Gasteiger partial charge in [0, 0.05) is 20.0 Å². The van der Waals surface area contributed by atoms with Crippen molar-refractivity contribution in [3.63, 3.8) is 0 Å². The number of carbonyl (C=O) groups excluding carboxylic acids is 2. The van der Waals surface area contributed by atoms with Gasteiger partial charge in [0.25, 0.3) is 0 Å². The number of amides is 2. The molecule has 1 N–H and O–H groups in total. The molecule has 0 aliphatic carbocycles. The second-order valence-electron chi connectivity index (χ2n) is 5.28. The lowest BCUT2D eigenvalue weighted by molar-refractivity contribution is -0.121. The summed E-state index contributed by atoms with van der Waals surface area (Å²) in [5.41, 5.74) is 0.731. The Balaban J connectivity index is 1.90. The highest BCUT2D eigenvalue weighted by Crippen LogP contribution is 2.18. The van der Waals surface area contributed by atoms with Crippen LogP contribution in [0.2, 0.25) is 0 Å². The van der Waals surface area contributed by atoms with E-state index in [0.717, 1.165) is 0 Å². The van der Waals surface area contributed by atoms with Gasteiger partial charge in [0.05, 0.1) is 12.1 Å². The highest BCUT2D eigenvalue weighted by molar-refractivity contribution is 5.91. The summed E-state index contributed by atoms with van der Waals surface area (Å²) in [6.07, 6.45) is 0.0392. The predicted octanol–water partition coefficient (Wildman–Crippen LogP) is 2.68. The van der Waals surface area contributed by atoms with Crippen LogP contribution < -0.4 is 10.2 Å². The minimum absolute atomic E-state index is 0.0392. The zero-order chi connectivity index (χ0) is 17.5. The monoisotopic (exact) mass is 332 g/mol. The van der Waals surface area contributed by atoms with Crippen molar-refractivity contribution in [2.24, 2.45) is 0 Å². The SMILES string of the molecule is CC(=O)N(CCNC(=O)Cc1cccc(F)c1)c1ccccc1F. The molecule has 0 fully saturated rings. The van der Waals surface area contributed by atoms with E-state index in [2.05, 4.69) is 5.32 Å². The Hall–Kier alpha value is -2.76. The molecular weight excluding hydrogens is 314 g/mol. The van der Waals surface area contributed by atoms with Gasteiger partial charge in [0.15, 0.2) is 0 Å². The number of anilines is 1. The van der Waals surface area contributed by atoms with E-state index in [1.807, 2.05) is 0 Å². The summed E-state index contributed by atoms with van der Waals surface area (Å²) in [5, 5.41) is 2.65. The van der Waals surface area contributed by atoms with Gasteiger partial charge in [-0.05, 0) is 29.8 Å². The normalized spacial score (nSPS) is 10.3. The molecule has 0 saturated heterocycles. The van der Waals surface area contributed by atoms with Gasteiger partial charge >= 0.3 is 0 Å². The Labute approximate surface area is 139 Å². The molecule has 0 saturated carbocycles. The van der Waals surface area contributed by atoms with Gasteiger partial charge in [-0.25, -0.2) is 8.78 Å². The molecule has 4 nitrogen and oxygen atoms in total. The van der Waals surface area contributed by atoms with E-state index >= 15 is 0 Å². The molecule has 2 aromatic rings. The Morgan fingerprint density at radius 3 is 2.50 bits per heavy atom. The average molecular weight is 332 g/mol. The molecule has 0 aliphatic rings. The summed E-state index contributed by atoms with van der Waals surface area (Å²) >= 11 is 0. The van der Waals surface area contributed by atoms with Gasteiger partial charge in [-0.15, -0.1) is 0 Å². The number of nitrogens with zero attached hydrogens (tertiary/aromatic N) is 1. The Bertz CT molecular complexity index is 734. The molecule has 2 aromatic carbocycles. The van der Waals surface area contributed by atoms with Crippen molar-refractivity contribution in [3.05, 3.63) is 65.7 Å². The smallest absolute Gasteiger partial charge is 0.224 e. The van der Waals surface area contributed by atoms with Crippen molar-refractivity contribution in [1.29, 1.82) is 0 Å². The highest BCUT2D eigenvalue weighted by atomic mass is 19.1. The lowest BCUT2D eigenvalue weighted by atomic mass is 10.1. The van der Waals surface area contributed by atoms with E-state index < -0.39 is 11.6 Å². The van der Waals surface area contributed by atoms with Crippen molar-refractivity contribution in [3.8, 4) is 0 Å². The summed E-state index contributed by atoms with van der Waals surface area (Å²) in [5.74, 6) is -1.52. The van der Waals surface area contributed by atoms with Gasteiger partial charge in [0.2, 0.25) is 11.8 Å². The molecule has 2 amide bonds. The van der Waals surface area contributed by atoms with E-state index in [9.17, 15) is 18.4 Å². The van der Waals surface area contributed by atoms with Gasteiger partial charge in [-0.1, -0.05) is 24.3 Å². The third kappa shape index (κ3) is 4.87. The fourth-order valence-electron chi connectivity index (χ4n) is 2.32. The van der Waals surface area contributed by atoms with Crippen molar-refractivity contribution in [1.82, 2.24) is 5.32 Å². The molecule has 0 aliphatic heterocycles. The first-order chi connectivity index (χ1) is 11.5. The molecule has 0 spiro atoms. The van der Waals surface area contributed by atoms with Gasteiger partial charge in [-0.3, -0.25) is 9.59 Å². The zero-order valence-corrected chi connectivity index (χ0v) is 13.3.